The molecule has 0 amide bonds. The first kappa shape index (κ1) is 12.8. The third-order valence-corrected chi connectivity index (χ3v) is 2.90. The summed E-state index contributed by atoms with van der Waals surface area (Å²) in [7, 11) is 0. The molecule has 0 aromatic rings. The molecule has 0 aromatic carbocycles. The lowest BCUT2D eigenvalue weighted by Crippen LogP contribution is -2.35. The molecule has 2 atom stereocenters. The SMILES string of the molecule is O[C-](O)C1CC([C-](O)O)CC(C(O)O)C1. The van der Waals surface area contributed by atoms with Crippen LogP contribution in [0, 0.1) is 30.3 Å². The highest BCUT2D eigenvalue weighted by atomic mass is 16.5. The number of aliphatic hydroxyl groups excluding tert-OH is 3. The highest BCUT2D eigenvalue weighted by molar-refractivity contribution is 4.90. The quantitative estimate of drug-likeness (QED) is 0.289. The molecule has 0 saturated heterocycles. The van der Waals surface area contributed by atoms with Crippen LogP contribution >= 0.6 is 0 Å². The first-order chi connectivity index (χ1) is 6.91. The monoisotopic (exact) mass is 220 g/mol. The molecule has 1 fully saturated rings. The van der Waals surface area contributed by atoms with Gasteiger partial charge >= 0.3 is 0 Å². The maximum Gasteiger partial charge on any atom is 0.154 e. The summed E-state index contributed by atoms with van der Waals surface area (Å²) in [6.07, 6.45) is -2.58. The van der Waals surface area contributed by atoms with Crippen molar-refractivity contribution in [3.05, 3.63) is 12.6 Å². The standard InChI is InChI=1S/C9H16O6/c10-7(11)4-1-5(8(12)13)3-6(2-4)9(14)15/h4-7,10-15H,1-3H2/q-2. The molecule has 0 heterocycles. The number of hydrogen-bond acceptors (Lipinski definition) is 6. The molecule has 2 unspecified atom stereocenters. The molecular weight excluding hydrogens is 204 g/mol. The van der Waals surface area contributed by atoms with E-state index in [4.69, 9.17) is 30.6 Å². The summed E-state index contributed by atoms with van der Waals surface area (Å²) < 4.78 is 0. The van der Waals surface area contributed by atoms with Gasteiger partial charge in [-0.2, -0.15) is 0 Å². The van der Waals surface area contributed by atoms with E-state index in [-0.39, 0.29) is 19.3 Å². The van der Waals surface area contributed by atoms with E-state index in [2.05, 4.69) is 0 Å². The molecule has 6 nitrogen and oxygen atoms in total. The predicted molar refractivity (Wildman–Crippen MR) is 46.8 cm³/mol. The van der Waals surface area contributed by atoms with E-state index in [1.54, 1.807) is 0 Å². The Labute approximate surface area is 87.4 Å². The minimum absolute atomic E-state index is 0.188. The lowest BCUT2D eigenvalue weighted by Gasteiger charge is -2.46. The molecule has 1 saturated carbocycles. The Hall–Kier alpha value is -0.240. The lowest BCUT2D eigenvalue weighted by molar-refractivity contribution is -0.124. The highest BCUT2D eigenvalue weighted by Gasteiger charge is 2.29. The zero-order chi connectivity index (χ0) is 11.6. The molecule has 0 radical (unpaired) electrons. The fourth-order valence-electron chi connectivity index (χ4n) is 2.03. The molecular formula is C9H16O6-2. The maximum absolute atomic E-state index is 8.99. The van der Waals surface area contributed by atoms with Crippen molar-refractivity contribution < 1.29 is 30.6 Å². The topological polar surface area (TPSA) is 121 Å². The van der Waals surface area contributed by atoms with Gasteiger partial charge in [0.25, 0.3) is 0 Å². The molecule has 1 aliphatic rings. The van der Waals surface area contributed by atoms with Gasteiger partial charge in [-0.05, 0) is 0 Å². The van der Waals surface area contributed by atoms with E-state index in [1.165, 1.54) is 0 Å². The van der Waals surface area contributed by atoms with E-state index < -0.39 is 36.6 Å². The van der Waals surface area contributed by atoms with Crippen LogP contribution in [0.25, 0.3) is 0 Å². The van der Waals surface area contributed by atoms with Crippen LogP contribution in [0.15, 0.2) is 0 Å². The Morgan fingerprint density at radius 3 is 1.47 bits per heavy atom. The van der Waals surface area contributed by atoms with E-state index in [9.17, 15) is 0 Å². The van der Waals surface area contributed by atoms with Crippen molar-refractivity contribution in [2.24, 2.45) is 17.8 Å². The van der Waals surface area contributed by atoms with E-state index >= 15 is 0 Å². The molecule has 90 valence electrons. The van der Waals surface area contributed by atoms with Crippen LogP contribution in [0.2, 0.25) is 0 Å². The largest absolute Gasteiger partial charge is 0.536 e. The molecule has 6 N–H and O–H groups in total. The summed E-state index contributed by atoms with van der Waals surface area (Å²) in [5, 5.41) is 53.6. The Bertz CT molecular complexity index is 154. The van der Waals surface area contributed by atoms with Crippen LogP contribution in [0.3, 0.4) is 0 Å². The van der Waals surface area contributed by atoms with Crippen molar-refractivity contribution in [2.45, 2.75) is 25.6 Å². The Morgan fingerprint density at radius 2 is 1.20 bits per heavy atom. The molecule has 0 aromatic heterocycles. The van der Waals surface area contributed by atoms with E-state index in [0.29, 0.717) is 0 Å². The van der Waals surface area contributed by atoms with Gasteiger partial charge in [0, 0.05) is 5.92 Å². The second kappa shape index (κ2) is 5.20. The van der Waals surface area contributed by atoms with Gasteiger partial charge in [0.05, 0.1) is 0 Å². The van der Waals surface area contributed by atoms with Crippen molar-refractivity contribution in [1.82, 2.24) is 0 Å². The Balaban J connectivity index is 2.64. The molecule has 1 rings (SSSR count). The zero-order valence-electron chi connectivity index (χ0n) is 8.11. The van der Waals surface area contributed by atoms with Crippen LogP contribution in [-0.2, 0) is 0 Å². The molecule has 0 bridgehead atoms. The zero-order valence-corrected chi connectivity index (χ0v) is 8.11. The summed E-state index contributed by atoms with van der Waals surface area (Å²) in [4.78, 5) is 0. The van der Waals surface area contributed by atoms with Gasteiger partial charge in [0.1, 0.15) is 0 Å². The normalized spacial score (nSPS) is 33.0. The van der Waals surface area contributed by atoms with Crippen LogP contribution in [0.1, 0.15) is 19.3 Å². The van der Waals surface area contributed by atoms with Gasteiger partial charge in [-0.1, -0.05) is 31.8 Å². The van der Waals surface area contributed by atoms with Crippen molar-refractivity contribution in [3.63, 3.8) is 0 Å². The van der Waals surface area contributed by atoms with Gasteiger partial charge in [-0.15, -0.1) is 11.8 Å². The minimum Gasteiger partial charge on any atom is -0.536 e. The number of hydrogen-bond donors (Lipinski definition) is 6. The third kappa shape index (κ3) is 3.37. The van der Waals surface area contributed by atoms with Crippen molar-refractivity contribution in [3.8, 4) is 0 Å². The minimum atomic E-state index is -1.59. The maximum atomic E-state index is 8.99. The average Bonchev–Trinajstić information content (AvgIpc) is 2.16. The molecule has 0 spiro atoms. The molecule has 15 heavy (non-hydrogen) atoms. The second-order valence-corrected chi connectivity index (χ2v) is 3.99. The van der Waals surface area contributed by atoms with Crippen molar-refractivity contribution in [2.75, 3.05) is 0 Å². The van der Waals surface area contributed by atoms with Gasteiger partial charge in [0.2, 0.25) is 0 Å². The third-order valence-electron chi connectivity index (χ3n) is 2.90. The number of rotatable bonds is 3. The smallest absolute Gasteiger partial charge is 0.154 e. The average molecular weight is 220 g/mol. The first-order valence-corrected chi connectivity index (χ1v) is 4.77. The summed E-state index contributed by atoms with van der Waals surface area (Å²) >= 11 is 0. The molecule has 6 heteroatoms. The summed E-state index contributed by atoms with van der Waals surface area (Å²) in [5.74, 6) is -1.88. The molecule has 1 aliphatic carbocycles. The Kier molecular flexibility index (Phi) is 4.45. The second-order valence-electron chi connectivity index (χ2n) is 3.99. The van der Waals surface area contributed by atoms with Crippen LogP contribution in [0.5, 0.6) is 0 Å². The van der Waals surface area contributed by atoms with Crippen molar-refractivity contribution >= 4 is 0 Å². The lowest BCUT2D eigenvalue weighted by atomic mass is 9.74. The van der Waals surface area contributed by atoms with Gasteiger partial charge in [-0.25, -0.2) is 0 Å². The van der Waals surface area contributed by atoms with Crippen molar-refractivity contribution in [1.29, 1.82) is 0 Å². The fraction of sp³-hybridized carbons (Fsp3) is 0.778. The molecule has 0 aliphatic heterocycles. The fourth-order valence-corrected chi connectivity index (χ4v) is 2.03. The summed E-state index contributed by atoms with van der Waals surface area (Å²) in [5.41, 5.74) is 0. The number of aliphatic hydroxyl groups is 6. The first-order valence-electron chi connectivity index (χ1n) is 4.77. The van der Waals surface area contributed by atoms with Crippen LogP contribution in [0.4, 0.5) is 0 Å². The van der Waals surface area contributed by atoms with Gasteiger partial charge < -0.3 is 30.6 Å². The predicted octanol–water partition coefficient (Wildman–Crippen LogP) is -0.201. The highest BCUT2D eigenvalue weighted by Crippen LogP contribution is 2.40. The Morgan fingerprint density at radius 1 is 0.800 bits per heavy atom. The summed E-state index contributed by atoms with van der Waals surface area (Å²) in [6, 6.07) is 0. The van der Waals surface area contributed by atoms with Gasteiger partial charge in [0.15, 0.2) is 6.29 Å². The van der Waals surface area contributed by atoms with Crippen LogP contribution < -0.4 is 0 Å². The summed E-state index contributed by atoms with van der Waals surface area (Å²) in [6.45, 7) is 0. The van der Waals surface area contributed by atoms with E-state index in [0.717, 1.165) is 0 Å². The van der Waals surface area contributed by atoms with Gasteiger partial charge in [-0.3, -0.25) is 0 Å². The van der Waals surface area contributed by atoms with E-state index in [1.807, 2.05) is 0 Å². The van der Waals surface area contributed by atoms with Crippen LogP contribution in [-0.4, -0.2) is 36.9 Å².